The third kappa shape index (κ3) is 8.95. The molecule has 232 valence electrons. The third-order valence-electron chi connectivity index (χ3n) is 7.28. The summed E-state index contributed by atoms with van der Waals surface area (Å²) in [5.41, 5.74) is 5.83. The monoisotopic (exact) mass is 594 g/mol. The molecule has 1 unspecified atom stereocenters. The number of likely N-dealkylation sites (tertiary alicyclic amines) is 1. The summed E-state index contributed by atoms with van der Waals surface area (Å²) in [6.07, 6.45) is 4.62. The van der Waals surface area contributed by atoms with Gasteiger partial charge in [0.25, 0.3) is 5.91 Å². The van der Waals surface area contributed by atoms with Gasteiger partial charge in [0.15, 0.2) is 5.82 Å². The second kappa shape index (κ2) is 14.9. The second-order valence-electron chi connectivity index (χ2n) is 11.4. The van der Waals surface area contributed by atoms with Crippen LogP contribution in [0.3, 0.4) is 0 Å². The molecule has 10 nitrogen and oxygen atoms in total. The zero-order valence-corrected chi connectivity index (χ0v) is 24.3. The third-order valence-corrected chi connectivity index (χ3v) is 7.28. The standard InChI is InChI=1S/C31H39FN6O4.CH4/c1-21-13-15-37(16-14-21)29(40)27(23-11-7-8-12-24(23)32)38-17-26(34-20-38)36-28(39)25(35-30(41)31(2,3)33)19-42-18-22-9-5-4-6-10-22;/h4-12,17,20-21,25,27H,13-16,18-19,33H2,1-3H3,(H,35,41)(H,36,39);1H4/t25-,27?;/m1./s1. The molecule has 11 heteroatoms. The number of anilines is 1. The molecule has 3 amide bonds. The van der Waals surface area contributed by atoms with Gasteiger partial charge in [-0.05, 0) is 44.2 Å². The predicted molar refractivity (Wildman–Crippen MR) is 163 cm³/mol. The summed E-state index contributed by atoms with van der Waals surface area (Å²) < 4.78 is 22.2. The van der Waals surface area contributed by atoms with E-state index in [1.165, 1.54) is 37.0 Å². The molecule has 0 saturated carbocycles. The van der Waals surface area contributed by atoms with Crippen molar-refractivity contribution in [2.45, 2.75) is 65.3 Å². The first kappa shape index (κ1) is 33.4. The van der Waals surface area contributed by atoms with Crippen LogP contribution in [0.25, 0.3) is 0 Å². The molecule has 0 radical (unpaired) electrons. The fourth-order valence-electron chi connectivity index (χ4n) is 4.67. The van der Waals surface area contributed by atoms with Crippen LogP contribution in [0.2, 0.25) is 0 Å². The fourth-order valence-corrected chi connectivity index (χ4v) is 4.67. The molecular formula is C32H43FN6O4. The zero-order chi connectivity index (χ0) is 30.3. The number of hydrogen-bond acceptors (Lipinski definition) is 6. The molecule has 0 aliphatic carbocycles. The lowest BCUT2D eigenvalue weighted by molar-refractivity contribution is -0.135. The lowest BCUT2D eigenvalue weighted by Gasteiger charge is -2.33. The fraction of sp³-hybridized carbons (Fsp3) is 0.438. The number of benzene rings is 2. The van der Waals surface area contributed by atoms with E-state index in [-0.39, 0.29) is 37.9 Å². The Bertz CT molecular complexity index is 1370. The molecule has 3 aromatic rings. The van der Waals surface area contributed by atoms with Crippen molar-refractivity contribution < 1.29 is 23.5 Å². The van der Waals surface area contributed by atoms with E-state index in [1.54, 1.807) is 23.1 Å². The van der Waals surface area contributed by atoms with Gasteiger partial charge in [0, 0.05) is 24.8 Å². The summed E-state index contributed by atoms with van der Waals surface area (Å²) in [5.74, 6) is -1.21. The van der Waals surface area contributed by atoms with Crippen LogP contribution in [-0.2, 0) is 25.7 Å². The van der Waals surface area contributed by atoms with Crippen LogP contribution in [0.1, 0.15) is 58.2 Å². The first-order chi connectivity index (χ1) is 20.0. The zero-order valence-electron chi connectivity index (χ0n) is 24.3. The van der Waals surface area contributed by atoms with Gasteiger partial charge in [0.1, 0.15) is 17.9 Å². The number of hydrogen-bond donors (Lipinski definition) is 3. The van der Waals surface area contributed by atoms with Crippen molar-refractivity contribution in [2.24, 2.45) is 11.7 Å². The van der Waals surface area contributed by atoms with Crippen molar-refractivity contribution in [3.05, 3.63) is 84.1 Å². The molecule has 1 aromatic heterocycles. The maximum atomic E-state index is 15.0. The van der Waals surface area contributed by atoms with E-state index < -0.39 is 35.3 Å². The van der Waals surface area contributed by atoms with Gasteiger partial charge < -0.3 is 30.6 Å². The number of carbonyl (C=O) groups is 3. The van der Waals surface area contributed by atoms with Crippen LogP contribution >= 0.6 is 0 Å². The van der Waals surface area contributed by atoms with Crippen LogP contribution < -0.4 is 16.4 Å². The van der Waals surface area contributed by atoms with E-state index in [0.717, 1.165) is 18.4 Å². The molecule has 4 rings (SSSR count). The number of halogens is 1. The van der Waals surface area contributed by atoms with Crippen molar-refractivity contribution in [1.29, 1.82) is 0 Å². The highest BCUT2D eigenvalue weighted by Gasteiger charge is 2.32. The maximum Gasteiger partial charge on any atom is 0.250 e. The van der Waals surface area contributed by atoms with Crippen molar-refractivity contribution in [3.63, 3.8) is 0 Å². The molecule has 1 fully saturated rings. The van der Waals surface area contributed by atoms with Gasteiger partial charge in [-0.3, -0.25) is 14.4 Å². The summed E-state index contributed by atoms with van der Waals surface area (Å²) >= 11 is 0. The Morgan fingerprint density at radius 1 is 1.09 bits per heavy atom. The molecular weight excluding hydrogens is 551 g/mol. The summed E-state index contributed by atoms with van der Waals surface area (Å²) in [7, 11) is 0. The van der Waals surface area contributed by atoms with Crippen molar-refractivity contribution in [1.82, 2.24) is 19.8 Å². The number of nitrogens with one attached hydrogen (secondary N) is 2. The highest BCUT2D eigenvalue weighted by molar-refractivity contribution is 5.98. The lowest BCUT2D eigenvalue weighted by atomic mass is 9.97. The Morgan fingerprint density at radius 2 is 1.74 bits per heavy atom. The van der Waals surface area contributed by atoms with E-state index in [0.29, 0.717) is 19.0 Å². The van der Waals surface area contributed by atoms with Gasteiger partial charge in [-0.25, -0.2) is 9.37 Å². The van der Waals surface area contributed by atoms with E-state index in [2.05, 4.69) is 22.5 Å². The normalized spacial score (nSPS) is 15.2. The Balaban J connectivity index is 0.00000506. The first-order valence-corrected chi connectivity index (χ1v) is 14.1. The molecule has 0 bridgehead atoms. The summed E-state index contributed by atoms with van der Waals surface area (Å²) in [5, 5.41) is 5.33. The number of amides is 3. The number of piperidine rings is 1. The summed E-state index contributed by atoms with van der Waals surface area (Å²) in [6.45, 7) is 6.52. The molecule has 2 aromatic carbocycles. The molecule has 4 N–H and O–H groups in total. The Morgan fingerprint density at radius 3 is 2.40 bits per heavy atom. The van der Waals surface area contributed by atoms with E-state index in [9.17, 15) is 18.8 Å². The minimum absolute atomic E-state index is 0. The summed E-state index contributed by atoms with van der Waals surface area (Å²) in [6, 6.07) is 13.5. The Hall–Kier alpha value is -4.09. The van der Waals surface area contributed by atoms with Crippen LogP contribution in [0.15, 0.2) is 67.1 Å². The van der Waals surface area contributed by atoms with E-state index in [1.807, 2.05) is 30.3 Å². The van der Waals surface area contributed by atoms with Gasteiger partial charge in [-0.1, -0.05) is 62.9 Å². The number of nitrogens with zero attached hydrogens (tertiary/aromatic N) is 3. The van der Waals surface area contributed by atoms with Crippen LogP contribution in [0, 0.1) is 11.7 Å². The number of ether oxygens (including phenoxy) is 1. The lowest BCUT2D eigenvalue weighted by Crippen LogP contribution is -2.56. The number of imidazole rings is 1. The summed E-state index contributed by atoms with van der Waals surface area (Å²) in [4.78, 5) is 45.6. The highest BCUT2D eigenvalue weighted by atomic mass is 19.1. The smallest absolute Gasteiger partial charge is 0.250 e. The van der Waals surface area contributed by atoms with Crippen LogP contribution in [0.5, 0.6) is 0 Å². The van der Waals surface area contributed by atoms with Crippen molar-refractivity contribution >= 4 is 23.5 Å². The number of rotatable bonds is 11. The van der Waals surface area contributed by atoms with Crippen LogP contribution in [-0.4, -0.2) is 63.4 Å². The Labute approximate surface area is 252 Å². The average Bonchev–Trinajstić information content (AvgIpc) is 3.41. The minimum atomic E-state index is -1.22. The van der Waals surface area contributed by atoms with Crippen molar-refractivity contribution in [3.8, 4) is 0 Å². The van der Waals surface area contributed by atoms with Gasteiger partial charge in [0.05, 0.1) is 25.1 Å². The number of nitrogens with two attached hydrogens (primary N) is 1. The highest BCUT2D eigenvalue weighted by Crippen LogP contribution is 2.27. The van der Waals surface area contributed by atoms with Gasteiger partial charge >= 0.3 is 0 Å². The van der Waals surface area contributed by atoms with E-state index >= 15 is 0 Å². The molecule has 1 aliphatic heterocycles. The molecule has 2 heterocycles. The molecule has 2 atom stereocenters. The van der Waals surface area contributed by atoms with Crippen LogP contribution in [0.4, 0.5) is 10.2 Å². The van der Waals surface area contributed by atoms with Gasteiger partial charge in [-0.2, -0.15) is 0 Å². The number of aromatic nitrogens is 2. The predicted octanol–water partition coefficient (Wildman–Crippen LogP) is 3.88. The maximum absolute atomic E-state index is 15.0. The SMILES string of the molecule is C.CC1CCN(C(=O)C(c2ccccc2F)n2cnc(NC(=O)[C@@H](COCc3ccccc3)NC(=O)C(C)(C)N)c2)CC1. The first-order valence-electron chi connectivity index (χ1n) is 14.1. The molecule has 0 spiro atoms. The van der Waals surface area contributed by atoms with Gasteiger partial charge in [-0.15, -0.1) is 0 Å². The van der Waals surface area contributed by atoms with Gasteiger partial charge in [0.2, 0.25) is 11.8 Å². The average molecular weight is 595 g/mol. The molecule has 1 saturated heterocycles. The van der Waals surface area contributed by atoms with E-state index in [4.69, 9.17) is 10.5 Å². The van der Waals surface area contributed by atoms with Crippen molar-refractivity contribution in [2.75, 3.05) is 25.0 Å². The minimum Gasteiger partial charge on any atom is -0.374 e. The molecule has 43 heavy (non-hydrogen) atoms. The quantitative estimate of drug-likeness (QED) is 0.309. The topological polar surface area (TPSA) is 132 Å². The molecule has 1 aliphatic rings. The largest absolute Gasteiger partial charge is 0.374 e. The number of carbonyl (C=O) groups excluding carboxylic acids is 3. The Kier molecular flexibility index (Phi) is 11.6. The second-order valence-corrected chi connectivity index (χ2v) is 11.4.